The van der Waals surface area contributed by atoms with E-state index in [0.29, 0.717) is 0 Å². The summed E-state index contributed by atoms with van der Waals surface area (Å²) in [5.41, 5.74) is 6.03. The number of nitrogens with one attached hydrogen (secondary N) is 1. The maximum absolute atomic E-state index is 4.05. The fraction of sp³-hybridized carbons (Fsp3) is 0.304. The molecule has 0 aromatic heterocycles. The molecule has 0 radical (unpaired) electrons. The molecule has 1 aliphatic rings. The highest BCUT2D eigenvalue weighted by Gasteiger charge is 2.30. The van der Waals surface area contributed by atoms with E-state index in [2.05, 4.69) is 94.2 Å². The van der Waals surface area contributed by atoms with E-state index in [1.807, 2.05) is 6.08 Å². The molecule has 1 heterocycles. The number of benzene rings is 1. The molecule has 1 aromatic rings. The summed E-state index contributed by atoms with van der Waals surface area (Å²) in [6.45, 7) is 12.9. The van der Waals surface area contributed by atoms with Crippen molar-refractivity contribution < 1.29 is 0 Å². The molecular weight excluding hydrogens is 290 g/mol. The van der Waals surface area contributed by atoms with Crippen molar-refractivity contribution in [3.05, 3.63) is 89.3 Å². The Kier molecular flexibility index (Phi) is 6.03. The van der Waals surface area contributed by atoms with Crippen molar-refractivity contribution in [2.24, 2.45) is 5.41 Å². The first kappa shape index (κ1) is 18.1. The average molecular weight is 319 g/mol. The van der Waals surface area contributed by atoms with E-state index in [4.69, 9.17) is 0 Å². The molecule has 0 amide bonds. The molecule has 0 saturated carbocycles. The second kappa shape index (κ2) is 8.01. The number of aryl methyl sites for hydroxylation is 1. The van der Waals surface area contributed by atoms with Gasteiger partial charge in [0.05, 0.1) is 0 Å². The van der Waals surface area contributed by atoms with E-state index in [0.717, 1.165) is 18.5 Å². The Bertz CT molecular complexity index is 715. The second-order valence-corrected chi connectivity index (χ2v) is 6.53. The number of allylic oxidation sites excluding steroid dienone is 6. The SMILES string of the molecule is C=C1C=CC=C(C(C)(CC)C(/C=C\c2ccccc2C)=C\CC)N1. The summed E-state index contributed by atoms with van der Waals surface area (Å²) in [4.78, 5) is 0. The third kappa shape index (κ3) is 3.97. The largest absolute Gasteiger partial charge is 0.359 e. The van der Waals surface area contributed by atoms with Crippen molar-refractivity contribution in [1.29, 1.82) is 0 Å². The van der Waals surface area contributed by atoms with Gasteiger partial charge < -0.3 is 5.32 Å². The van der Waals surface area contributed by atoms with E-state index >= 15 is 0 Å². The van der Waals surface area contributed by atoms with E-state index in [1.165, 1.54) is 22.4 Å². The molecule has 1 unspecified atom stereocenters. The van der Waals surface area contributed by atoms with Gasteiger partial charge in [-0.1, -0.05) is 69.0 Å². The van der Waals surface area contributed by atoms with Crippen LogP contribution < -0.4 is 5.32 Å². The van der Waals surface area contributed by atoms with E-state index in [-0.39, 0.29) is 5.41 Å². The van der Waals surface area contributed by atoms with Gasteiger partial charge in [-0.05, 0) is 55.5 Å². The van der Waals surface area contributed by atoms with Crippen molar-refractivity contribution >= 4 is 6.08 Å². The fourth-order valence-corrected chi connectivity index (χ4v) is 3.04. The Morgan fingerprint density at radius 2 is 2.00 bits per heavy atom. The highest BCUT2D eigenvalue weighted by Crippen LogP contribution is 2.40. The maximum Gasteiger partial charge on any atom is 0.0319 e. The minimum absolute atomic E-state index is 0.0527. The summed E-state index contributed by atoms with van der Waals surface area (Å²) in [5.74, 6) is 0. The lowest BCUT2D eigenvalue weighted by Gasteiger charge is -2.35. The molecule has 0 spiro atoms. The lowest BCUT2D eigenvalue weighted by atomic mass is 9.75. The summed E-state index contributed by atoms with van der Waals surface area (Å²) < 4.78 is 0. The topological polar surface area (TPSA) is 12.0 Å². The minimum Gasteiger partial charge on any atom is -0.359 e. The molecular formula is C23H29N. The molecule has 126 valence electrons. The Labute approximate surface area is 147 Å². The molecule has 0 bridgehead atoms. The van der Waals surface area contributed by atoms with Gasteiger partial charge >= 0.3 is 0 Å². The predicted molar refractivity (Wildman–Crippen MR) is 106 cm³/mol. The molecule has 1 aliphatic heterocycles. The van der Waals surface area contributed by atoms with E-state index in [1.54, 1.807) is 0 Å². The maximum atomic E-state index is 4.05. The highest BCUT2D eigenvalue weighted by atomic mass is 14.9. The molecule has 0 fully saturated rings. The first-order valence-electron chi connectivity index (χ1n) is 8.80. The van der Waals surface area contributed by atoms with Gasteiger partial charge in [0, 0.05) is 16.8 Å². The van der Waals surface area contributed by atoms with Crippen molar-refractivity contribution in [1.82, 2.24) is 5.32 Å². The third-order valence-electron chi connectivity index (χ3n) is 4.85. The van der Waals surface area contributed by atoms with E-state index < -0.39 is 0 Å². The van der Waals surface area contributed by atoms with Crippen LogP contribution in [0, 0.1) is 12.3 Å². The molecule has 1 aromatic carbocycles. The van der Waals surface area contributed by atoms with Crippen molar-refractivity contribution in [3.8, 4) is 0 Å². The number of hydrogen-bond donors (Lipinski definition) is 1. The van der Waals surface area contributed by atoms with Crippen LogP contribution in [0.5, 0.6) is 0 Å². The van der Waals surface area contributed by atoms with Gasteiger partial charge in [-0.25, -0.2) is 0 Å². The zero-order chi connectivity index (χ0) is 17.6. The van der Waals surface area contributed by atoms with Gasteiger partial charge in [-0.3, -0.25) is 0 Å². The number of rotatable bonds is 6. The first-order valence-corrected chi connectivity index (χ1v) is 8.80. The standard InChI is InChI=1S/C23H29N/c1-6-11-21(17-16-20-14-9-8-12-18(20)3)23(5,7-2)22-15-10-13-19(4)24-22/h8-17,24H,4,6-7H2,1-3,5H3/b17-16-,21-11-. The molecule has 1 nitrogen and oxygen atoms in total. The van der Waals surface area contributed by atoms with Crippen LogP contribution >= 0.6 is 0 Å². The van der Waals surface area contributed by atoms with Crippen LogP contribution in [-0.4, -0.2) is 0 Å². The van der Waals surface area contributed by atoms with Crippen LogP contribution in [0.2, 0.25) is 0 Å². The summed E-state index contributed by atoms with van der Waals surface area (Å²) in [7, 11) is 0. The van der Waals surface area contributed by atoms with Gasteiger partial charge in [0.1, 0.15) is 0 Å². The van der Waals surface area contributed by atoms with Crippen molar-refractivity contribution in [2.45, 2.75) is 40.5 Å². The summed E-state index contributed by atoms with van der Waals surface area (Å²) in [6, 6.07) is 8.50. The lowest BCUT2D eigenvalue weighted by molar-refractivity contribution is 0.446. The van der Waals surface area contributed by atoms with Crippen molar-refractivity contribution in [3.63, 3.8) is 0 Å². The molecule has 2 rings (SSSR count). The van der Waals surface area contributed by atoms with Crippen LogP contribution in [-0.2, 0) is 0 Å². The molecule has 1 N–H and O–H groups in total. The first-order chi connectivity index (χ1) is 11.5. The Morgan fingerprint density at radius 3 is 2.62 bits per heavy atom. The summed E-state index contributed by atoms with van der Waals surface area (Å²) in [5, 5.41) is 3.46. The summed E-state index contributed by atoms with van der Waals surface area (Å²) >= 11 is 0. The Morgan fingerprint density at radius 1 is 1.25 bits per heavy atom. The highest BCUT2D eigenvalue weighted by molar-refractivity contribution is 5.58. The smallest absolute Gasteiger partial charge is 0.0319 e. The van der Waals surface area contributed by atoms with Crippen LogP contribution in [0.15, 0.2) is 78.2 Å². The number of dihydropyridines is 1. The van der Waals surface area contributed by atoms with Crippen LogP contribution in [0.1, 0.15) is 44.7 Å². The van der Waals surface area contributed by atoms with Gasteiger partial charge in [0.15, 0.2) is 0 Å². The van der Waals surface area contributed by atoms with Gasteiger partial charge in [0.25, 0.3) is 0 Å². The third-order valence-corrected chi connectivity index (χ3v) is 4.85. The Hall–Kier alpha value is -2.28. The van der Waals surface area contributed by atoms with Crippen molar-refractivity contribution in [2.75, 3.05) is 0 Å². The minimum atomic E-state index is -0.0527. The average Bonchev–Trinajstić information content (AvgIpc) is 2.59. The molecule has 1 atom stereocenters. The van der Waals surface area contributed by atoms with Crippen LogP contribution in [0.3, 0.4) is 0 Å². The van der Waals surface area contributed by atoms with Crippen LogP contribution in [0.25, 0.3) is 6.08 Å². The zero-order valence-corrected chi connectivity index (χ0v) is 15.4. The van der Waals surface area contributed by atoms with Gasteiger partial charge in [-0.2, -0.15) is 0 Å². The monoisotopic (exact) mass is 319 g/mol. The lowest BCUT2D eigenvalue weighted by Crippen LogP contribution is -2.30. The second-order valence-electron chi connectivity index (χ2n) is 6.53. The van der Waals surface area contributed by atoms with Crippen LogP contribution in [0.4, 0.5) is 0 Å². The molecule has 0 saturated heterocycles. The quantitative estimate of drug-likeness (QED) is 0.605. The molecule has 0 aliphatic carbocycles. The molecule has 1 heteroatoms. The Balaban J connectivity index is 2.39. The number of hydrogen-bond acceptors (Lipinski definition) is 1. The van der Waals surface area contributed by atoms with Gasteiger partial charge in [-0.15, -0.1) is 0 Å². The normalized spacial score (nSPS) is 17.6. The molecule has 24 heavy (non-hydrogen) atoms. The van der Waals surface area contributed by atoms with E-state index in [9.17, 15) is 0 Å². The summed E-state index contributed by atoms with van der Waals surface area (Å²) in [6.07, 6.45) is 15.1. The van der Waals surface area contributed by atoms with Gasteiger partial charge in [0.2, 0.25) is 0 Å². The fourth-order valence-electron chi connectivity index (χ4n) is 3.04. The predicted octanol–water partition coefficient (Wildman–Crippen LogP) is 6.32. The zero-order valence-electron chi connectivity index (χ0n) is 15.4.